The van der Waals surface area contributed by atoms with Gasteiger partial charge in [0.25, 0.3) is 0 Å². The summed E-state index contributed by atoms with van der Waals surface area (Å²) in [5, 5.41) is 2.51. The maximum atomic E-state index is 2.49. The predicted octanol–water partition coefficient (Wildman–Crippen LogP) is 17.9. The van der Waals surface area contributed by atoms with E-state index in [2.05, 4.69) is 268 Å². The maximum absolute atomic E-state index is 2.49. The fourth-order valence-corrected chi connectivity index (χ4v) is 11.9. The number of nitrogens with zero attached hydrogens (tertiary/aromatic N) is 2. The highest BCUT2D eigenvalue weighted by Gasteiger charge is 2.38. The highest BCUT2D eigenvalue weighted by molar-refractivity contribution is 6.16. The number of benzene rings is 10. The van der Waals surface area contributed by atoms with E-state index in [0.29, 0.717) is 0 Å². The van der Waals surface area contributed by atoms with Crippen LogP contribution in [0.1, 0.15) is 49.9 Å². The van der Waals surface area contributed by atoms with Crippen molar-refractivity contribution in [3.8, 4) is 61.3 Å². The molecule has 324 valence electrons. The van der Waals surface area contributed by atoms with Crippen LogP contribution in [-0.4, -0.2) is 4.57 Å². The average molecular weight is 871 g/mol. The van der Waals surface area contributed by atoms with Gasteiger partial charge in [0.2, 0.25) is 0 Å². The lowest BCUT2D eigenvalue weighted by Gasteiger charge is -2.30. The molecular formula is C66H50N2. The highest BCUT2D eigenvalue weighted by Crippen LogP contribution is 2.53. The first-order valence-corrected chi connectivity index (χ1v) is 23.9. The summed E-state index contributed by atoms with van der Waals surface area (Å²) in [7, 11) is 0. The first-order chi connectivity index (χ1) is 33.3. The molecule has 0 fully saturated rings. The molecule has 0 saturated heterocycles. The maximum Gasteiger partial charge on any atom is 0.0547 e. The van der Waals surface area contributed by atoms with Crippen LogP contribution in [0.25, 0.3) is 83.1 Å². The van der Waals surface area contributed by atoms with Crippen molar-refractivity contribution < 1.29 is 0 Å². The minimum absolute atomic E-state index is 0.135. The number of aromatic nitrogens is 1. The molecule has 2 nitrogen and oxygen atoms in total. The summed E-state index contributed by atoms with van der Waals surface area (Å²) < 4.78 is 2.40. The predicted molar refractivity (Wildman–Crippen MR) is 287 cm³/mol. The lowest BCUT2D eigenvalue weighted by molar-refractivity contribution is 0.660. The van der Waals surface area contributed by atoms with E-state index in [0.717, 1.165) is 22.7 Å². The van der Waals surface area contributed by atoms with Crippen LogP contribution in [0.3, 0.4) is 0 Å². The third-order valence-corrected chi connectivity index (χ3v) is 15.2. The number of hydrogen-bond acceptors (Lipinski definition) is 1. The zero-order valence-electron chi connectivity index (χ0n) is 38.8. The Morgan fingerprint density at radius 3 is 1.47 bits per heavy atom. The van der Waals surface area contributed by atoms with Gasteiger partial charge < -0.3 is 9.47 Å². The van der Waals surface area contributed by atoms with Gasteiger partial charge in [-0.3, -0.25) is 0 Å². The molecule has 11 aromatic rings. The summed E-state index contributed by atoms with van der Waals surface area (Å²) in [6.45, 7) is 9.49. The SMILES string of the molecule is CC1(C)c2ccccc2-c2ccc(N(c3cccc(-c4ccc(-c5cccc6c5c5ccccc5n6-c5ccccc5)cc4-c4ccccc4)c3)c3ccc4c(c3)C(C)(C)c3ccccc3-4)cc21. The van der Waals surface area contributed by atoms with Crippen LogP contribution in [-0.2, 0) is 10.8 Å². The standard InChI is InChI=1S/C66H50N2/c1-65(2)58-29-14-11-25-52(58)54-37-34-48(41-60(54)65)67(49-35-38-55-53-26-12-15-30-59(53)66(3,4)61(55)42-49)47-24-17-21-44(39-47)50-36-33-45(40-57(50)43-19-7-5-8-20-43)51-28-18-32-63-64(51)56-27-13-16-31-62(56)68(63)46-22-9-6-10-23-46/h5-42H,1-4H3. The van der Waals surface area contributed by atoms with Gasteiger partial charge in [0, 0.05) is 44.4 Å². The molecule has 0 bridgehead atoms. The minimum Gasteiger partial charge on any atom is -0.310 e. The average Bonchev–Trinajstić information content (AvgIpc) is 3.94. The Morgan fingerprint density at radius 2 is 0.794 bits per heavy atom. The molecule has 2 heteroatoms. The highest BCUT2D eigenvalue weighted by atomic mass is 15.1. The van der Waals surface area contributed by atoms with Crippen LogP contribution in [0.4, 0.5) is 17.1 Å². The summed E-state index contributed by atoms with van der Waals surface area (Å²) in [5.74, 6) is 0. The number of fused-ring (bicyclic) bond motifs is 9. The molecular weight excluding hydrogens is 821 g/mol. The van der Waals surface area contributed by atoms with Gasteiger partial charge in [-0.15, -0.1) is 0 Å². The van der Waals surface area contributed by atoms with Crippen LogP contribution < -0.4 is 4.90 Å². The Kier molecular flexibility index (Phi) is 8.95. The number of hydrogen-bond donors (Lipinski definition) is 0. The normalized spacial score (nSPS) is 13.8. The van der Waals surface area contributed by atoms with Crippen molar-refractivity contribution in [1.82, 2.24) is 4.57 Å². The first-order valence-electron chi connectivity index (χ1n) is 23.9. The molecule has 0 amide bonds. The lowest BCUT2D eigenvalue weighted by Crippen LogP contribution is -2.18. The quantitative estimate of drug-likeness (QED) is 0.155. The van der Waals surface area contributed by atoms with Crippen molar-refractivity contribution in [1.29, 1.82) is 0 Å². The van der Waals surface area contributed by atoms with E-state index in [9.17, 15) is 0 Å². The van der Waals surface area contributed by atoms with Crippen LogP contribution in [0.2, 0.25) is 0 Å². The van der Waals surface area contributed by atoms with Gasteiger partial charge in [-0.25, -0.2) is 0 Å². The van der Waals surface area contributed by atoms with Gasteiger partial charge in [0.05, 0.1) is 11.0 Å². The smallest absolute Gasteiger partial charge is 0.0547 e. The molecule has 0 saturated carbocycles. The largest absolute Gasteiger partial charge is 0.310 e. The van der Waals surface area contributed by atoms with Crippen molar-refractivity contribution in [2.75, 3.05) is 4.90 Å². The molecule has 0 unspecified atom stereocenters. The molecule has 2 aliphatic carbocycles. The van der Waals surface area contributed by atoms with E-state index >= 15 is 0 Å². The first kappa shape index (κ1) is 40.1. The number of rotatable bonds is 7. The summed E-state index contributed by atoms with van der Waals surface area (Å²) in [4.78, 5) is 2.49. The summed E-state index contributed by atoms with van der Waals surface area (Å²) in [6, 6.07) is 85.6. The molecule has 0 atom stereocenters. The van der Waals surface area contributed by atoms with Gasteiger partial charge in [-0.1, -0.05) is 191 Å². The van der Waals surface area contributed by atoms with Crippen molar-refractivity contribution in [2.24, 2.45) is 0 Å². The molecule has 68 heavy (non-hydrogen) atoms. The van der Waals surface area contributed by atoms with Crippen molar-refractivity contribution in [3.05, 3.63) is 253 Å². The lowest BCUT2D eigenvalue weighted by atomic mass is 9.82. The van der Waals surface area contributed by atoms with Gasteiger partial charge >= 0.3 is 0 Å². The molecule has 1 heterocycles. The molecule has 0 spiro atoms. The summed E-state index contributed by atoms with van der Waals surface area (Å²) in [6.07, 6.45) is 0. The molecule has 0 radical (unpaired) electrons. The molecule has 0 aliphatic heterocycles. The van der Waals surface area contributed by atoms with E-state index in [1.807, 2.05) is 0 Å². The molecule has 2 aliphatic rings. The Labute approximate surface area is 399 Å². The van der Waals surface area contributed by atoms with Gasteiger partial charge in [-0.05, 0) is 145 Å². The Morgan fingerprint density at radius 1 is 0.309 bits per heavy atom. The van der Waals surface area contributed by atoms with Crippen molar-refractivity contribution >= 4 is 38.9 Å². The van der Waals surface area contributed by atoms with Crippen molar-refractivity contribution in [2.45, 2.75) is 38.5 Å². The molecule has 0 N–H and O–H groups in total. The van der Waals surface area contributed by atoms with E-state index < -0.39 is 0 Å². The molecule has 13 rings (SSSR count). The molecule has 1 aromatic heterocycles. The number of anilines is 3. The van der Waals surface area contributed by atoms with Crippen molar-refractivity contribution in [3.63, 3.8) is 0 Å². The van der Waals surface area contributed by atoms with Gasteiger partial charge in [0.1, 0.15) is 0 Å². The molecule has 10 aromatic carbocycles. The third-order valence-electron chi connectivity index (χ3n) is 15.2. The van der Waals surface area contributed by atoms with Gasteiger partial charge in [0.15, 0.2) is 0 Å². The zero-order chi connectivity index (χ0) is 45.7. The van der Waals surface area contributed by atoms with E-state index in [1.165, 1.54) is 99.7 Å². The van der Waals surface area contributed by atoms with Crippen LogP contribution >= 0.6 is 0 Å². The van der Waals surface area contributed by atoms with E-state index in [1.54, 1.807) is 0 Å². The number of para-hydroxylation sites is 2. The minimum atomic E-state index is -0.135. The van der Waals surface area contributed by atoms with E-state index in [-0.39, 0.29) is 10.8 Å². The summed E-state index contributed by atoms with van der Waals surface area (Å²) >= 11 is 0. The Balaban J connectivity index is 0.988. The third kappa shape index (κ3) is 6.03. The summed E-state index contributed by atoms with van der Waals surface area (Å²) in [5.41, 5.74) is 24.7. The van der Waals surface area contributed by atoms with Crippen LogP contribution in [0.5, 0.6) is 0 Å². The fourth-order valence-electron chi connectivity index (χ4n) is 11.9. The second kappa shape index (κ2) is 15.2. The zero-order valence-corrected chi connectivity index (χ0v) is 38.8. The fraction of sp³-hybridized carbons (Fsp3) is 0.0909. The van der Waals surface area contributed by atoms with E-state index in [4.69, 9.17) is 0 Å². The van der Waals surface area contributed by atoms with Gasteiger partial charge in [-0.2, -0.15) is 0 Å². The monoisotopic (exact) mass is 870 g/mol. The topological polar surface area (TPSA) is 8.17 Å². The second-order valence-corrected chi connectivity index (χ2v) is 19.7. The Bertz CT molecular complexity index is 3690. The Hall–Kier alpha value is -8.20. The van der Waals surface area contributed by atoms with Crippen LogP contribution in [0.15, 0.2) is 231 Å². The second-order valence-electron chi connectivity index (χ2n) is 19.7. The van der Waals surface area contributed by atoms with Crippen LogP contribution in [0, 0.1) is 0 Å².